The van der Waals surface area contributed by atoms with E-state index in [0.29, 0.717) is 25.8 Å². The van der Waals surface area contributed by atoms with Gasteiger partial charge in [-0.25, -0.2) is 0 Å². The zero-order chi connectivity index (χ0) is 13.6. The molecule has 4 nitrogen and oxygen atoms in total. The molecule has 0 aliphatic heterocycles. The van der Waals surface area contributed by atoms with E-state index in [4.69, 9.17) is 9.26 Å². The van der Waals surface area contributed by atoms with Crippen LogP contribution in [0.1, 0.15) is 58.8 Å². The third-order valence-corrected chi connectivity index (χ3v) is 3.68. The molecular weight excluding hydrogens is 251 g/mol. The molecule has 0 N–H and O–H groups in total. The lowest BCUT2D eigenvalue weighted by molar-refractivity contribution is -0.140. The van der Waals surface area contributed by atoms with Crippen LogP contribution in [0.4, 0.5) is 0 Å². The summed E-state index contributed by atoms with van der Waals surface area (Å²) in [5, 5.41) is 0. The summed E-state index contributed by atoms with van der Waals surface area (Å²) in [5.41, 5.74) is 0. The number of unbranched alkanes of at least 4 members (excludes halogenated alkanes) is 5. The highest BCUT2D eigenvalue weighted by Gasteiger charge is 2.16. The zero-order valence-electron chi connectivity index (χ0n) is 11.7. The largest absolute Gasteiger partial charge is 0.508 e. The minimum atomic E-state index is -1.58. The lowest BCUT2D eigenvalue weighted by Crippen LogP contribution is -2.01. The molecule has 1 atom stereocenters. The van der Waals surface area contributed by atoms with Crippen molar-refractivity contribution in [1.82, 2.24) is 0 Å². The Morgan fingerprint density at radius 1 is 1.00 bits per heavy atom. The van der Waals surface area contributed by atoms with Crippen LogP contribution >= 0.6 is 8.03 Å². The van der Waals surface area contributed by atoms with Gasteiger partial charge in [-0.1, -0.05) is 39.0 Å². The van der Waals surface area contributed by atoms with Gasteiger partial charge in [-0.05, 0) is 11.0 Å². The fraction of sp³-hybridized carbons (Fsp3) is 0.923. The Bertz CT molecular complexity index is 231. The Morgan fingerprint density at radius 3 is 2.33 bits per heavy atom. The van der Waals surface area contributed by atoms with Crippen LogP contribution in [0.5, 0.6) is 0 Å². The predicted molar refractivity (Wildman–Crippen MR) is 73.1 cm³/mol. The number of esters is 1. The highest BCUT2D eigenvalue weighted by molar-refractivity contribution is 7.39. The van der Waals surface area contributed by atoms with Crippen molar-refractivity contribution in [2.24, 2.45) is 0 Å². The Labute approximate surface area is 111 Å². The van der Waals surface area contributed by atoms with E-state index in [2.05, 4.69) is 6.92 Å². The van der Waals surface area contributed by atoms with E-state index in [1.54, 1.807) is 0 Å². The fourth-order valence-electron chi connectivity index (χ4n) is 1.52. The van der Waals surface area contributed by atoms with Crippen molar-refractivity contribution in [2.75, 3.05) is 19.4 Å². The Balaban J connectivity index is 3.19. The van der Waals surface area contributed by atoms with Crippen molar-refractivity contribution >= 4 is 14.0 Å². The molecule has 0 fully saturated rings. The van der Waals surface area contributed by atoms with E-state index in [1.807, 2.05) is 0 Å². The van der Waals surface area contributed by atoms with Crippen molar-refractivity contribution in [3.8, 4) is 0 Å². The first-order valence-electron chi connectivity index (χ1n) is 6.87. The zero-order valence-corrected chi connectivity index (χ0v) is 12.5. The summed E-state index contributed by atoms with van der Waals surface area (Å²) in [6.07, 6.45) is 8.27. The van der Waals surface area contributed by atoms with Crippen LogP contribution in [0, 0.1) is 0 Å². The molecule has 0 bridgehead atoms. The lowest BCUT2D eigenvalue weighted by Gasteiger charge is -1.98. The molecule has 0 aromatic rings. The lowest BCUT2D eigenvalue weighted by atomic mass is 10.1. The second-order valence-electron chi connectivity index (χ2n) is 4.35. The minimum absolute atomic E-state index is 0.293. The van der Waals surface area contributed by atoms with Gasteiger partial charge in [0.1, 0.15) is 6.61 Å². The van der Waals surface area contributed by atoms with E-state index >= 15 is 0 Å². The van der Waals surface area contributed by atoms with Gasteiger partial charge >= 0.3 is 14.0 Å². The van der Waals surface area contributed by atoms with E-state index in [1.165, 1.54) is 32.6 Å². The topological polar surface area (TPSA) is 52.6 Å². The molecule has 1 unspecified atom stereocenters. The monoisotopic (exact) mass is 277 g/mol. The molecule has 0 aromatic heterocycles. The number of carbonyl (C=O) groups is 1. The maximum Gasteiger partial charge on any atom is 0.508 e. The third kappa shape index (κ3) is 13.6. The second kappa shape index (κ2) is 13.0. The summed E-state index contributed by atoms with van der Waals surface area (Å²) >= 11 is 0. The van der Waals surface area contributed by atoms with Gasteiger partial charge in [-0.3, -0.25) is 4.79 Å². The summed E-state index contributed by atoms with van der Waals surface area (Å²) < 4.78 is 21.4. The molecule has 18 heavy (non-hydrogen) atoms. The summed E-state index contributed by atoms with van der Waals surface area (Å²) in [6.45, 7) is 4.48. The molecule has 0 aromatic carbocycles. The molecule has 0 aliphatic rings. The maximum atomic E-state index is 11.4. The number of hydrogen-bond acceptors (Lipinski definition) is 4. The van der Waals surface area contributed by atoms with Crippen LogP contribution in [-0.4, -0.2) is 25.3 Å². The minimum Gasteiger partial charge on any atom is -0.466 e. The van der Waals surface area contributed by atoms with E-state index in [9.17, 15) is 9.36 Å². The number of carbonyl (C=O) groups excluding carboxylic acids is 1. The van der Waals surface area contributed by atoms with Crippen LogP contribution in [0.2, 0.25) is 0 Å². The molecular formula is C13H26O4P+. The molecule has 0 rings (SSSR count). The molecule has 0 saturated carbocycles. The molecule has 0 amide bonds. The highest BCUT2D eigenvalue weighted by Crippen LogP contribution is 2.23. The first-order valence-corrected chi connectivity index (χ1v) is 8.24. The summed E-state index contributed by atoms with van der Waals surface area (Å²) in [5.74, 6) is -0.293. The molecule has 0 saturated heterocycles. The van der Waals surface area contributed by atoms with Gasteiger partial charge in [0.25, 0.3) is 0 Å². The SMILES string of the molecule is CCCCCCCCO[P+](=O)CCCOC(C)=O. The van der Waals surface area contributed by atoms with Crippen molar-refractivity contribution in [3.05, 3.63) is 0 Å². The molecule has 0 radical (unpaired) electrons. The normalized spacial score (nSPS) is 11.3. The Hall–Kier alpha value is -0.470. The standard InChI is InChI=1S/C13H26O4P/c1-3-4-5-6-7-8-11-17-18(15)12-9-10-16-13(2)14/h3-12H2,1-2H3/q+1. The van der Waals surface area contributed by atoms with Gasteiger partial charge in [0.15, 0.2) is 6.16 Å². The van der Waals surface area contributed by atoms with Gasteiger partial charge in [-0.2, -0.15) is 0 Å². The van der Waals surface area contributed by atoms with E-state index < -0.39 is 8.03 Å². The van der Waals surface area contributed by atoms with Gasteiger partial charge in [-0.15, -0.1) is 4.52 Å². The van der Waals surface area contributed by atoms with Crippen molar-refractivity contribution < 1.29 is 18.6 Å². The summed E-state index contributed by atoms with van der Waals surface area (Å²) in [6, 6.07) is 0. The fourth-order valence-corrected chi connectivity index (χ4v) is 2.37. The molecule has 106 valence electrons. The first kappa shape index (κ1) is 17.5. The van der Waals surface area contributed by atoms with Crippen molar-refractivity contribution in [2.45, 2.75) is 58.8 Å². The van der Waals surface area contributed by atoms with E-state index in [-0.39, 0.29) is 5.97 Å². The number of hydrogen-bond donors (Lipinski definition) is 0. The molecule has 0 heterocycles. The van der Waals surface area contributed by atoms with Crippen molar-refractivity contribution in [1.29, 1.82) is 0 Å². The average molecular weight is 277 g/mol. The van der Waals surface area contributed by atoms with Crippen LogP contribution in [0.15, 0.2) is 0 Å². The summed E-state index contributed by atoms with van der Waals surface area (Å²) in [7, 11) is -1.58. The Morgan fingerprint density at radius 2 is 1.67 bits per heavy atom. The smallest absolute Gasteiger partial charge is 0.466 e. The van der Waals surface area contributed by atoms with Gasteiger partial charge in [0.2, 0.25) is 0 Å². The third-order valence-electron chi connectivity index (χ3n) is 2.52. The average Bonchev–Trinajstić information content (AvgIpc) is 2.33. The second-order valence-corrected chi connectivity index (χ2v) is 5.72. The molecule has 5 heteroatoms. The molecule has 0 spiro atoms. The quantitative estimate of drug-likeness (QED) is 0.307. The highest BCUT2D eigenvalue weighted by atomic mass is 31.1. The van der Waals surface area contributed by atoms with Crippen molar-refractivity contribution in [3.63, 3.8) is 0 Å². The van der Waals surface area contributed by atoms with E-state index in [0.717, 1.165) is 12.8 Å². The number of ether oxygens (including phenoxy) is 1. The first-order chi connectivity index (χ1) is 8.66. The summed E-state index contributed by atoms with van der Waals surface area (Å²) in [4.78, 5) is 10.5. The van der Waals surface area contributed by atoms with Crippen LogP contribution in [0.3, 0.4) is 0 Å². The number of rotatable bonds is 12. The van der Waals surface area contributed by atoms with Crippen LogP contribution < -0.4 is 0 Å². The van der Waals surface area contributed by atoms with Crippen LogP contribution in [-0.2, 0) is 18.6 Å². The van der Waals surface area contributed by atoms with Gasteiger partial charge < -0.3 is 4.74 Å². The maximum absolute atomic E-state index is 11.4. The predicted octanol–water partition coefficient (Wildman–Crippen LogP) is 4.06. The Kier molecular flexibility index (Phi) is 12.6. The molecule has 0 aliphatic carbocycles. The van der Waals surface area contributed by atoms with Gasteiger partial charge in [0, 0.05) is 13.3 Å². The van der Waals surface area contributed by atoms with Crippen LogP contribution in [0.25, 0.3) is 0 Å². The van der Waals surface area contributed by atoms with Gasteiger partial charge in [0.05, 0.1) is 6.61 Å².